The highest BCUT2D eigenvalue weighted by molar-refractivity contribution is 7.99. The lowest BCUT2D eigenvalue weighted by atomic mass is 10.2. The Kier molecular flexibility index (Phi) is 11.5. The second kappa shape index (κ2) is 14.6. The first-order chi connectivity index (χ1) is 16.1. The van der Waals surface area contributed by atoms with E-state index < -0.39 is 11.6 Å². The Hall–Kier alpha value is -3.40. The van der Waals surface area contributed by atoms with E-state index in [0.29, 0.717) is 25.3 Å². The number of rotatable bonds is 15. The highest BCUT2D eigenvalue weighted by Gasteiger charge is 2.21. The van der Waals surface area contributed by atoms with E-state index in [1.54, 1.807) is 19.2 Å². The maximum Gasteiger partial charge on any atom is 0.294 e. The van der Waals surface area contributed by atoms with E-state index >= 15 is 0 Å². The molecule has 1 amide bonds. The molecule has 4 N–H and O–H groups in total. The van der Waals surface area contributed by atoms with Crippen LogP contribution in [-0.4, -0.2) is 52.8 Å². The molecular weight excluding hydrogens is 440 g/mol. The number of benzene rings is 1. The molecule has 0 bridgehead atoms. The third-order valence-electron chi connectivity index (χ3n) is 4.60. The van der Waals surface area contributed by atoms with E-state index in [4.69, 9.17) is 5.41 Å². The highest BCUT2D eigenvalue weighted by Crippen LogP contribution is 2.12. The second-order valence-electron chi connectivity index (χ2n) is 7.05. The summed E-state index contributed by atoms with van der Waals surface area (Å²) in [6.07, 6.45) is 7.67. The zero-order valence-corrected chi connectivity index (χ0v) is 19.4. The number of ketones is 1. The number of carbonyl (C=O) groups excluding carboxylic acids is 2. The van der Waals surface area contributed by atoms with Gasteiger partial charge in [-0.15, -0.1) is 11.8 Å². The lowest BCUT2D eigenvalue weighted by Gasteiger charge is -2.18. The zero-order chi connectivity index (χ0) is 23.9. The number of allylic oxidation sites excluding steroid dienone is 1. The molecule has 0 aliphatic heterocycles. The van der Waals surface area contributed by atoms with Crippen molar-refractivity contribution in [3.8, 4) is 0 Å². The molecule has 0 fully saturated rings. The van der Waals surface area contributed by atoms with Crippen LogP contribution < -0.4 is 21.5 Å². The van der Waals surface area contributed by atoms with Crippen molar-refractivity contribution in [1.29, 1.82) is 5.41 Å². The molecule has 1 aromatic carbocycles. The molecule has 0 saturated heterocycles. The van der Waals surface area contributed by atoms with Crippen LogP contribution in [0.3, 0.4) is 0 Å². The molecule has 9 nitrogen and oxygen atoms in total. The van der Waals surface area contributed by atoms with E-state index in [-0.39, 0.29) is 24.1 Å². The Morgan fingerprint density at radius 2 is 2.03 bits per heavy atom. The number of thioether (sulfide) groups is 1. The fourth-order valence-electron chi connectivity index (χ4n) is 2.96. The summed E-state index contributed by atoms with van der Waals surface area (Å²) in [5.41, 5.74) is 0.741. The molecule has 1 unspecified atom stereocenters. The summed E-state index contributed by atoms with van der Waals surface area (Å²) in [6, 6.07) is 9.14. The van der Waals surface area contributed by atoms with Crippen molar-refractivity contribution in [3.63, 3.8) is 0 Å². The monoisotopic (exact) mass is 470 g/mol. The second-order valence-corrected chi connectivity index (χ2v) is 8.04. The van der Waals surface area contributed by atoms with Crippen LogP contribution in [0.25, 0.3) is 0 Å². The van der Waals surface area contributed by atoms with Gasteiger partial charge >= 0.3 is 0 Å². The summed E-state index contributed by atoms with van der Waals surface area (Å²) in [6.45, 7) is 2.70. The Labute approximate surface area is 197 Å². The highest BCUT2D eigenvalue weighted by atomic mass is 32.2. The minimum atomic E-state index is -0.737. The molecule has 1 heterocycles. The molecule has 33 heavy (non-hydrogen) atoms. The molecule has 1 aromatic heterocycles. The van der Waals surface area contributed by atoms with Crippen molar-refractivity contribution < 1.29 is 9.59 Å². The van der Waals surface area contributed by atoms with Gasteiger partial charge in [0.25, 0.3) is 5.56 Å². The van der Waals surface area contributed by atoms with Crippen molar-refractivity contribution in [2.75, 3.05) is 30.7 Å². The summed E-state index contributed by atoms with van der Waals surface area (Å²) in [4.78, 5) is 41.7. The molecule has 2 aromatic rings. The molecule has 0 aliphatic rings. The molecule has 0 radical (unpaired) electrons. The van der Waals surface area contributed by atoms with Crippen LogP contribution in [0.2, 0.25) is 0 Å². The largest absolute Gasteiger partial charge is 0.389 e. The first kappa shape index (κ1) is 25.9. The van der Waals surface area contributed by atoms with E-state index in [1.807, 2.05) is 30.3 Å². The Bertz CT molecular complexity index is 993. The molecule has 176 valence electrons. The number of hydrogen-bond acceptors (Lipinski definition) is 8. The maximum absolute atomic E-state index is 12.8. The smallest absolute Gasteiger partial charge is 0.294 e. The first-order valence-electron chi connectivity index (χ1n) is 10.7. The Morgan fingerprint density at radius 1 is 1.24 bits per heavy atom. The van der Waals surface area contributed by atoms with Gasteiger partial charge in [-0.05, 0) is 24.3 Å². The average molecular weight is 471 g/mol. The van der Waals surface area contributed by atoms with Gasteiger partial charge in [0, 0.05) is 37.5 Å². The number of aromatic nitrogens is 2. The Morgan fingerprint density at radius 3 is 2.76 bits per heavy atom. The number of amides is 1. The summed E-state index contributed by atoms with van der Waals surface area (Å²) in [7, 11) is 0. The molecule has 0 spiro atoms. The van der Waals surface area contributed by atoms with Crippen molar-refractivity contribution in [3.05, 3.63) is 70.9 Å². The number of nitrogens with zero attached hydrogens (tertiary/aromatic N) is 2. The van der Waals surface area contributed by atoms with Crippen LogP contribution in [-0.2, 0) is 15.3 Å². The van der Waals surface area contributed by atoms with Crippen LogP contribution in [0, 0.1) is 5.41 Å². The third kappa shape index (κ3) is 8.93. The molecule has 0 saturated carbocycles. The summed E-state index contributed by atoms with van der Waals surface area (Å²) >= 11 is 1.50. The number of nitrogens with one attached hydrogen (secondary N) is 4. The standard InChI is InChI=1S/C23H30N6O3S/c1-2-20(22(31)28-15-19(30)17-33-16-18-7-4-3-5-8-18)29-14-13-27-21(23(29)32)26-12-11-25-10-6-9-24/h3-10,13-14,20,24-25H,2,11-12,15-17H2,1H3,(H,26,27)(H,28,31)/b10-6-,24-9?. The lowest BCUT2D eigenvalue weighted by Crippen LogP contribution is -2.40. The van der Waals surface area contributed by atoms with E-state index in [0.717, 1.165) is 17.5 Å². The predicted octanol–water partition coefficient (Wildman–Crippen LogP) is 1.98. The van der Waals surface area contributed by atoms with Crippen molar-refractivity contribution in [2.24, 2.45) is 0 Å². The molecule has 0 aliphatic carbocycles. The third-order valence-corrected chi connectivity index (χ3v) is 5.66. The Balaban J connectivity index is 1.85. The van der Waals surface area contributed by atoms with Gasteiger partial charge in [-0.2, -0.15) is 0 Å². The van der Waals surface area contributed by atoms with Crippen LogP contribution in [0.15, 0.2) is 59.8 Å². The number of carbonyl (C=O) groups is 2. The average Bonchev–Trinajstić information content (AvgIpc) is 2.83. The molecule has 1 atom stereocenters. The van der Waals surface area contributed by atoms with Gasteiger partial charge in [-0.3, -0.25) is 19.0 Å². The van der Waals surface area contributed by atoms with Crippen LogP contribution in [0.1, 0.15) is 24.9 Å². The van der Waals surface area contributed by atoms with Gasteiger partial charge in [-0.25, -0.2) is 4.98 Å². The van der Waals surface area contributed by atoms with Gasteiger partial charge in [-0.1, -0.05) is 37.3 Å². The number of hydrogen-bond donors (Lipinski definition) is 4. The molecular formula is C23H30N6O3S. The minimum absolute atomic E-state index is 0.0724. The quantitative estimate of drug-likeness (QED) is 0.231. The number of anilines is 1. The van der Waals surface area contributed by atoms with Gasteiger partial charge in [0.15, 0.2) is 11.6 Å². The fourth-order valence-corrected chi connectivity index (χ4v) is 3.82. The van der Waals surface area contributed by atoms with Gasteiger partial charge < -0.3 is 21.4 Å². The van der Waals surface area contributed by atoms with Crippen molar-refractivity contribution in [1.82, 2.24) is 20.2 Å². The number of Topliss-reactive ketones (excluding diaryl/α,β-unsaturated/α-hetero) is 1. The first-order valence-corrected chi connectivity index (χ1v) is 11.8. The SMILES string of the molecule is CCC(C(=O)NCC(=O)CSCc1ccccc1)n1ccnc(NCCN/C=C\C=N)c1=O. The van der Waals surface area contributed by atoms with E-state index in [2.05, 4.69) is 20.9 Å². The summed E-state index contributed by atoms with van der Waals surface area (Å²) in [5.74, 6) is 0.729. The maximum atomic E-state index is 12.8. The predicted molar refractivity (Wildman–Crippen MR) is 133 cm³/mol. The summed E-state index contributed by atoms with van der Waals surface area (Å²) < 4.78 is 1.33. The van der Waals surface area contributed by atoms with Crippen molar-refractivity contribution in [2.45, 2.75) is 25.1 Å². The van der Waals surface area contributed by atoms with Crippen LogP contribution in [0.5, 0.6) is 0 Å². The van der Waals surface area contributed by atoms with Gasteiger partial charge in [0.05, 0.1) is 12.3 Å². The van der Waals surface area contributed by atoms with Crippen molar-refractivity contribution >= 4 is 35.5 Å². The lowest BCUT2D eigenvalue weighted by molar-refractivity contribution is -0.127. The van der Waals surface area contributed by atoms with E-state index in [9.17, 15) is 14.4 Å². The van der Waals surface area contributed by atoms with Gasteiger partial charge in [0.2, 0.25) is 5.91 Å². The van der Waals surface area contributed by atoms with Crippen LogP contribution >= 0.6 is 11.8 Å². The topological polar surface area (TPSA) is 129 Å². The summed E-state index contributed by atoms with van der Waals surface area (Å²) in [5, 5.41) is 15.5. The zero-order valence-electron chi connectivity index (χ0n) is 18.6. The van der Waals surface area contributed by atoms with Gasteiger partial charge in [0.1, 0.15) is 6.04 Å². The van der Waals surface area contributed by atoms with E-state index in [1.165, 1.54) is 28.7 Å². The molecule has 2 rings (SSSR count). The minimum Gasteiger partial charge on any atom is -0.389 e. The fraction of sp³-hybridized carbons (Fsp3) is 0.348. The van der Waals surface area contributed by atoms with Crippen LogP contribution in [0.4, 0.5) is 5.82 Å². The normalized spacial score (nSPS) is 11.7. The molecule has 10 heteroatoms.